The van der Waals surface area contributed by atoms with E-state index in [4.69, 9.17) is 28.3 Å². The van der Waals surface area contributed by atoms with Gasteiger partial charge in [-0.3, -0.25) is 4.79 Å². The Morgan fingerprint density at radius 2 is 2.11 bits per heavy atom. The fourth-order valence-corrected chi connectivity index (χ4v) is 1.83. The van der Waals surface area contributed by atoms with Crippen molar-refractivity contribution in [2.45, 2.75) is 19.8 Å². The van der Waals surface area contributed by atoms with Gasteiger partial charge in [-0.15, -0.1) is 0 Å². The Bertz CT molecular complexity index is 410. The molecule has 0 bridgehead atoms. The van der Waals surface area contributed by atoms with E-state index in [0.29, 0.717) is 23.0 Å². The third kappa shape index (κ3) is 5.25. The number of carbonyl (C=O) groups excluding carboxylic acids is 1. The average molecular weight is 290 g/mol. The molecule has 18 heavy (non-hydrogen) atoms. The summed E-state index contributed by atoms with van der Waals surface area (Å²) in [6.45, 7) is 2.69. The molecule has 0 fully saturated rings. The second-order valence-corrected chi connectivity index (χ2v) is 5.16. The standard InChI is InChI=1S/C13H17Cl2NO2/c1-9(4-5-17)8-16-13(18)7-10-2-3-11(14)12(15)6-10/h2-3,6,9,17H,4-5,7-8H2,1H3,(H,16,18). The third-order valence-electron chi connectivity index (χ3n) is 2.62. The van der Waals surface area contributed by atoms with Crippen LogP contribution >= 0.6 is 23.2 Å². The van der Waals surface area contributed by atoms with Gasteiger partial charge in [0.2, 0.25) is 5.91 Å². The molecule has 0 heterocycles. The van der Waals surface area contributed by atoms with Crippen LogP contribution in [0.4, 0.5) is 0 Å². The van der Waals surface area contributed by atoms with Gasteiger partial charge in [-0.2, -0.15) is 0 Å². The van der Waals surface area contributed by atoms with E-state index in [-0.39, 0.29) is 24.9 Å². The highest BCUT2D eigenvalue weighted by Gasteiger charge is 2.07. The molecule has 1 aromatic rings. The van der Waals surface area contributed by atoms with Crippen LogP contribution in [0.2, 0.25) is 10.0 Å². The van der Waals surface area contributed by atoms with Gasteiger partial charge in [0.05, 0.1) is 16.5 Å². The molecule has 1 amide bonds. The topological polar surface area (TPSA) is 49.3 Å². The van der Waals surface area contributed by atoms with Crippen LogP contribution in [0.15, 0.2) is 18.2 Å². The van der Waals surface area contributed by atoms with Gasteiger partial charge < -0.3 is 10.4 Å². The van der Waals surface area contributed by atoms with E-state index in [0.717, 1.165) is 5.56 Å². The summed E-state index contributed by atoms with van der Waals surface area (Å²) in [5, 5.41) is 12.5. The summed E-state index contributed by atoms with van der Waals surface area (Å²) >= 11 is 11.7. The van der Waals surface area contributed by atoms with Gasteiger partial charge in [-0.1, -0.05) is 36.2 Å². The molecule has 0 aromatic heterocycles. The van der Waals surface area contributed by atoms with Crippen molar-refractivity contribution in [3.05, 3.63) is 33.8 Å². The number of nitrogens with one attached hydrogen (secondary N) is 1. The van der Waals surface area contributed by atoms with Crippen LogP contribution < -0.4 is 5.32 Å². The Labute approximate surface area is 117 Å². The monoisotopic (exact) mass is 289 g/mol. The molecule has 0 saturated heterocycles. The van der Waals surface area contributed by atoms with Crippen molar-refractivity contribution in [3.63, 3.8) is 0 Å². The lowest BCUT2D eigenvalue weighted by Gasteiger charge is -2.11. The predicted octanol–water partition coefficient (Wildman–Crippen LogP) is 2.67. The molecule has 1 unspecified atom stereocenters. The number of benzene rings is 1. The van der Waals surface area contributed by atoms with Crippen molar-refractivity contribution in [3.8, 4) is 0 Å². The van der Waals surface area contributed by atoms with E-state index in [2.05, 4.69) is 5.32 Å². The number of carbonyl (C=O) groups is 1. The SMILES string of the molecule is CC(CCO)CNC(=O)Cc1ccc(Cl)c(Cl)c1. The zero-order valence-corrected chi connectivity index (χ0v) is 11.8. The van der Waals surface area contributed by atoms with Gasteiger partial charge in [-0.05, 0) is 30.0 Å². The summed E-state index contributed by atoms with van der Waals surface area (Å²) < 4.78 is 0. The van der Waals surface area contributed by atoms with Crippen LogP contribution in [-0.2, 0) is 11.2 Å². The maximum absolute atomic E-state index is 11.7. The van der Waals surface area contributed by atoms with Crippen LogP contribution in [0, 0.1) is 5.92 Å². The van der Waals surface area contributed by atoms with Crippen molar-refractivity contribution < 1.29 is 9.90 Å². The van der Waals surface area contributed by atoms with Crippen molar-refractivity contribution in [2.75, 3.05) is 13.2 Å². The molecule has 1 rings (SSSR count). The first-order chi connectivity index (χ1) is 8.52. The summed E-state index contributed by atoms with van der Waals surface area (Å²) in [5.74, 6) is 0.214. The van der Waals surface area contributed by atoms with Gasteiger partial charge in [0.25, 0.3) is 0 Å². The van der Waals surface area contributed by atoms with Gasteiger partial charge in [0, 0.05) is 13.2 Å². The van der Waals surface area contributed by atoms with E-state index in [1.165, 1.54) is 0 Å². The lowest BCUT2D eigenvalue weighted by Crippen LogP contribution is -2.29. The summed E-state index contributed by atoms with van der Waals surface area (Å²) in [6.07, 6.45) is 0.968. The molecule has 0 radical (unpaired) electrons. The van der Waals surface area contributed by atoms with E-state index < -0.39 is 0 Å². The van der Waals surface area contributed by atoms with Crippen LogP contribution in [0.25, 0.3) is 0 Å². The van der Waals surface area contributed by atoms with Crippen LogP contribution in [0.3, 0.4) is 0 Å². The van der Waals surface area contributed by atoms with Crippen molar-refractivity contribution in [2.24, 2.45) is 5.92 Å². The predicted molar refractivity (Wildman–Crippen MR) is 74.0 cm³/mol. The first-order valence-electron chi connectivity index (χ1n) is 5.84. The Morgan fingerprint density at radius 3 is 2.72 bits per heavy atom. The number of hydrogen-bond acceptors (Lipinski definition) is 2. The molecular weight excluding hydrogens is 273 g/mol. The molecule has 100 valence electrons. The number of rotatable bonds is 6. The molecular formula is C13H17Cl2NO2. The van der Waals surface area contributed by atoms with Gasteiger partial charge in [-0.25, -0.2) is 0 Å². The highest BCUT2D eigenvalue weighted by molar-refractivity contribution is 6.42. The molecule has 0 aliphatic rings. The van der Waals surface area contributed by atoms with E-state index in [1.54, 1.807) is 18.2 Å². The molecule has 1 aromatic carbocycles. The maximum atomic E-state index is 11.7. The Kier molecular flexibility index (Phi) is 6.47. The molecule has 5 heteroatoms. The fraction of sp³-hybridized carbons (Fsp3) is 0.462. The lowest BCUT2D eigenvalue weighted by molar-refractivity contribution is -0.120. The minimum absolute atomic E-state index is 0.0572. The van der Waals surface area contributed by atoms with Gasteiger partial charge in [0.15, 0.2) is 0 Å². The fourth-order valence-electron chi connectivity index (χ4n) is 1.51. The summed E-state index contributed by atoms with van der Waals surface area (Å²) in [5.41, 5.74) is 0.830. The Balaban J connectivity index is 2.42. The number of hydrogen-bond donors (Lipinski definition) is 2. The second-order valence-electron chi connectivity index (χ2n) is 4.35. The highest BCUT2D eigenvalue weighted by Crippen LogP contribution is 2.22. The first kappa shape index (κ1) is 15.3. The summed E-state index contributed by atoms with van der Waals surface area (Å²) in [4.78, 5) is 11.7. The molecule has 2 N–H and O–H groups in total. The van der Waals surface area contributed by atoms with E-state index in [9.17, 15) is 4.79 Å². The highest BCUT2D eigenvalue weighted by atomic mass is 35.5. The second kappa shape index (κ2) is 7.62. The minimum Gasteiger partial charge on any atom is -0.396 e. The van der Waals surface area contributed by atoms with E-state index >= 15 is 0 Å². The van der Waals surface area contributed by atoms with Crippen molar-refractivity contribution in [1.29, 1.82) is 0 Å². The first-order valence-corrected chi connectivity index (χ1v) is 6.60. The number of aliphatic hydroxyl groups is 1. The number of halogens is 2. The van der Waals surface area contributed by atoms with Crippen LogP contribution in [-0.4, -0.2) is 24.2 Å². The summed E-state index contributed by atoms with van der Waals surface area (Å²) in [6, 6.07) is 5.16. The maximum Gasteiger partial charge on any atom is 0.224 e. The zero-order chi connectivity index (χ0) is 13.5. The lowest BCUT2D eigenvalue weighted by atomic mass is 10.1. The normalized spacial score (nSPS) is 12.2. The van der Waals surface area contributed by atoms with Crippen molar-refractivity contribution in [1.82, 2.24) is 5.32 Å². The molecule has 0 spiro atoms. The smallest absolute Gasteiger partial charge is 0.224 e. The minimum atomic E-state index is -0.0572. The Morgan fingerprint density at radius 1 is 1.39 bits per heavy atom. The largest absolute Gasteiger partial charge is 0.396 e. The van der Waals surface area contributed by atoms with Gasteiger partial charge >= 0.3 is 0 Å². The molecule has 0 aliphatic carbocycles. The molecule has 0 aliphatic heterocycles. The molecule has 0 saturated carbocycles. The van der Waals surface area contributed by atoms with Gasteiger partial charge in [0.1, 0.15) is 0 Å². The molecule has 1 atom stereocenters. The summed E-state index contributed by atoms with van der Waals surface area (Å²) in [7, 11) is 0. The van der Waals surface area contributed by atoms with E-state index in [1.807, 2.05) is 6.92 Å². The quantitative estimate of drug-likeness (QED) is 0.846. The number of amides is 1. The number of aliphatic hydroxyl groups excluding tert-OH is 1. The third-order valence-corrected chi connectivity index (χ3v) is 3.36. The molecule has 3 nitrogen and oxygen atoms in total. The van der Waals surface area contributed by atoms with Crippen LogP contribution in [0.5, 0.6) is 0 Å². The Hall–Kier alpha value is -0.770. The van der Waals surface area contributed by atoms with Crippen molar-refractivity contribution >= 4 is 29.1 Å². The zero-order valence-electron chi connectivity index (χ0n) is 10.2. The van der Waals surface area contributed by atoms with Crippen LogP contribution in [0.1, 0.15) is 18.9 Å². The average Bonchev–Trinajstić information content (AvgIpc) is 2.32.